The number of hydrogen-bond acceptors (Lipinski definition) is 5. The normalized spacial score (nSPS) is 10.7. The molecule has 9 heteroatoms. The predicted octanol–water partition coefficient (Wildman–Crippen LogP) is 2.40. The summed E-state index contributed by atoms with van der Waals surface area (Å²) in [5.41, 5.74) is 1.82. The van der Waals surface area contributed by atoms with Gasteiger partial charge in [-0.25, -0.2) is 0 Å². The third kappa shape index (κ3) is 4.34. The zero-order chi connectivity index (χ0) is 17.6. The lowest BCUT2D eigenvalue weighted by molar-refractivity contribution is -0.0498. The van der Waals surface area contributed by atoms with Gasteiger partial charge in [0, 0.05) is 17.7 Å². The van der Waals surface area contributed by atoms with Gasteiger partial charge in [0.2, 0.25) is 5.82 Å². The van der Waals surface area contributed by atoms with Gasteiger partial charge in [-0.3, -0.25) is 4.79 Å². The summed E-state index contributed by atoms with van der Waals surface area (Å²) in [6.07, 6.45) is 0. The molecule has 2 aromatic carbocycles. The molecule has 0 unspecified atom stereocenters. The molecule has 2 N–H and O–H groups in total. The van der Waals surface area contributed by atoms with Gasteiger partial charge in [-0.1, -0.05) is 24.3 Å². The lowest BCUT2D eigenvalue weighted by atomic mass is 10.1. The fraction of sp³-hybridized carbons (Fsp3) is 0.125. The van der Waals surface area contributed by atoms with Crippen molar-refractivity contribution < 1.29 is 18.3 Å². The highest BCUT2D eigenvalue weighted by atomic mass is 19.3. The number of nitrogens with one attached hydrogen (secondary N) is 2. The first-order chi connectivity index (χ1) is 12.1. The minimum absolute atomic E-state index is 0.0678. The molecule has 0 radical (unpaired) electrons. The second kappa shape index (κ2) is 7.47. The van der Waals surface area contributed by atoms with Gasteiger partial charge in [-0.15, -0.1) is 10.2 Å². The lowest BCUT2D eigenvalue weighted by Gasteiger charge is -2.08. The Bertz CT molecular complexity index is 855. The van der Waals surface area contributed by atoms with E-state index in [9.17, 15) is 13.6 Å². The average molecular weight is 345 g/mol. The van der Waals surface area contributed by atoms with E-state index in [0.29, 0.717) is 5.82 Å². The van der Waals surface area contributed by atoms with Gasteiger partial charge in [0.15, 0.2) is 0 Å². The third-order valence-electron chi connectivity index (χ3n) is 3.30. The fourth-order valence-electron chi connectivity index (χ4n) is 2.20. The van der Waals surface area contributed by atoms with E-state index in [1.165, 1.54) is 24.3 Å². The van der Waals surface area contributed by atoms with Gasteiger partial charge < -0.3 is 10.1 Å². The summed E-state index contributed by atoms with van der Waals surface area (Å²) < 4.78 is 28.8. The molecular formula is C16H13F2N5O2. The molecule has 0 saturated carbocycles. The molecule has 1 heterocycles. The largest absolute Gasteiger partial charge is 0.435 e. The molecule has 0 fully saturated rings. The van der Waals surface area contributed by atoms with Gasteiger partial charge in [0.05, 0.1) is 0 Å². The summed E-state index contributed by atoms with van der Waals surface area (Å²) in [6.45, 7) is -2.68. The van der Waals surface area contributed by atoms with Crippen molar-refractivity contribution in [3.63, 3.8) is 0 Å². The van der Waals surface area contributed by atoms with E-state index >= 15 is 0 Å². The Hall–Kier alpha value is -3.36. The van der Waals surface area contributed by atoms with Crippen molar-refractivity contribution in [2.75, 3.05) is 0 Å². The summed E-state index contributed by atoms with van der Waals surface area (Å²) in [5.74, 6) is -0.0172. The zero-order valence-corrected chi connectivity index (χ0v) is 12.8. The van der Waals surface area contributed by atoms with E-state index in [0.717, 1.165) is 11.1 Å². The Balaban J connectivity index is 1.65. The van der Waals surface area contributed by atoms with Crippen LogP contribution in [0.2, 0.25) is 0 Å². The SMILES string of the molecule is O=C(NCc1cccc(-c2nn[nH]n2)c1)c1cccc(OC(F)F)c1. The molecule has 0 bridgehead atoms. The molecule has 7 nitrogen and oxygen atoms in total. The topological polar surface area (TPSA) is 92.8 Å². The van der Waals surface area contributed by atoms with Gasteiger partial charge in [-0.05, 0) is 35.0 Å². The number of benzene rings is 2. The molecule has 0 aliphatic rings. The van der Waals surface area contributed by atoms with Crippen LogP contribution < -0.4 is 10.1 Å². The molecule has 3 rings (SSSR count). The first kappa shape index (κ1) is 16.5. The van der Waals surface area contributed by atoms with E-state index in [-0.39, 0.29) is 17.9 Å². The minimum atomic E-state index is -2.94. The summed E-state index contributed by atoms with van der Waals surface area (Å²) >= 11 is 0. The fourth-order valence-corrected chi connectivity index (χ4v) is 2.20. The molecule has 0 spiro atoms. The van der Waals surface area contributed by atoms with Gasteiger partial charge in [0.1, 0.15) is 5.75 Å². The van der Waals surface area contributed by atoms with Crippen LogP contribution in [0.5, 0.6) is 5.75 Å². The van der Waals surface area contributed by atoms with Crippen LogP contribution in [0.25, 0.3) is 11.4 Å². The average Bonchev–Trinajstić information content (AvgIpc) is 3.14. The monoisotopic (exact) mass is 345 g/mol. The van der Waals surface area contributed by atoms with Crippen molar-refractivity contribution in [1.82, 2.24) is 25.9 Å². The van der Waals surface area contributed by atoms with Crippen molar-refractivity contribution in [3.05, 3.63) is 59.7 Å². The highest BCUT2D eigenvalue weighted by molar-refractivity contribution is 5.94. The molecule has 0 saturated heterocycles. The maximum absolute atomic E-state index is 12.2. The predicted molar refractivity (Wildman–Crippen MR) is 83.9 cm³/mol. The first-order valence-corrected chi connectivity index (χ1v) is 7.27. The van der Waals surface area contributed by atoms with E-state index in [2.05, 4.69) is 30.7 Å². The van der Waals surface area contributed by atoms with Crippen LogP contribution in [0.1, 0.15) is 15.9 Å². The second-order valence-electron chi connectivity index (χ2n) is 5.02. The number of amides is 1. The van der Waals surface area contributed by atoms with Crippen molar-refractivity contribution in [2.45, 2.75) is 13.2 Å². The van der Waals surface area contributed by atoms with E-state index < -0.39 is 12.5 Å². The van der Waals surface area contributed by atoms with Crippen LogP contribution in [-0.4, -0.2) is 33.1 Å². The molecule has 1 amide bonds. The maximum atomic E-state index is 12.2. The Kier molecular flexibility index (Phi) is 4.93. The number of carbonyl (C=O) groups excluding carboxylic acids is 1. The first-order valence-electron chi connectivity index (χ1n) is 7.27. The number of rotatable bonds is 6. The quantitative estimate of drug-likeness (QED) is 0.716. The van der Waals surface area contributed by atoms with Crippen LogP contribution in [-0.2, 0) is 6.54 Å². The Morgan fingerprint density at radius 3 is 2.80 bits per heavy atom. The number of carbonyl (C=O) groups is 1. The number of nitrogens with zero attached hydrogens (tertiary/aromatic N) is 3. The van der Waals surface area contributed by atoms with Crippen molar-refractivity contribution in [1.29, 1.82) is 0 Å². The highest BCUT2D eigenvalue weighted by Gasteiger charge is 2.10. The molecule has 3 aromatic rings. The smallest absolute Gasteiger partial charge is 0.387 e. The van der Waals surface area contributed by atoms with E-state index in [4.69, 9.17) is 0 Å². The van der Waals surface area contributed by atoms with E-state index in [1.54, 1.807) is 0 Å². The summed E-state index contributed by atoms with van der Waals surface area (Å²) in [6, 6.07) is 12.9. The number of H-pyrrole nitrogens is 1. The number of aromatic amines is 1. The van der Waals surface area contributed by atoms with Gasteiger partial charge in [0.25, 0.3) is 5.91 Å². The third-order valence-corrected chi connectivity index (χ3v) is 3.30. The second-order valence-corrected chi connectivity index (χ2v) is 5.02. The molecule has 128 valence electrons. The van der Waals surface area contributed by atoms with Crippen LogP contribution >= 0.6 is 0 Å². The zero-order valence-electron chi connectivity index (χ0n) is 12.8. The van der Waals surface area contributed by atoms with Crippen molar-refractivity contribution >= 4 is 5.91 Å². The van der Waals surface area contributed by atoms with Crippen molar-refractivity contribution in [2.24, 2.45) is 0 Å². The summed E-state index contributed by atoms with van der Waals surface area (Å²) in [7, 11) is 0. The van der Waals surface area contributed by atoms with Crippen LogP contribution in [0.4, 0.5) is 8.78 Å². The number of tetrazole rings is 1. The number of halogens is 2. The molecule has 0 atom stereocenters. The minimum Gasteiger partial charge on any atom is -0.435 e. The van der Waals surface area contributed by atoms with E-state index in [1.807, 2.05) is 24.3 Å². The Labute approximate surface area is 141 Å². The maximum Gasteiger partial charge on any atom is 0.387 e. The summed E-state index contributed by atoms with van der Waals surface area (Å²) in [5, 5.41) is 16.4. The highest BCUT2D eigenvalue weighted by Crippen LogP contribution is 2.17. The van der Waals surface area contributed by atoms with Crippen molar-refractivity contribution in [3.8, 4) is 17.1 Å². The number of hydrogen-bond donors (Lipinski definition) is 2. The number of ether oxygens (including phenoxy) is 1. The molecule has 0 aliphatic carbocycles. The standard InChI is InChI=1S/C16H13F2N5O2/c17-16(18)25-13-6-2-5-12(8-13)15(24)19-9-10-3-1-4-11(7-10)14-20-22-23-21-14/h1-8,16H,9H2,(H,19,24)(H,20,21,22,23). The number of alkyl halides is 2. The summed E-state index contributed by atoms with van der Waals surface area (Å²) in [4.78, 5) is 12.2. The van der Waals surface area contributed by atoms with Gasteiger partial charge >= 0.3 is 6.61 Å². The lowest BCUT2D eigenvalue weighted by Crippen LogP contribution is -2.22. The molecule has 25 heavy (non-hydrogen) atoms. The molecule has 0 aliphatic heterocycles. The van der Waals surface area contributed by atoms with Gasteiger partial charge in [-0.2, -0.15) is 14.0 Å². The Morgan fingerprint density at radius 2 is 2.04 bits per heavy atom. The molecule has 1 aromatic heterocycles. The van der Waals surface area contributed by atoms with Crippen LogP contribution in [0, 0.1) is 0 Å². The number of aromatic nitrogens is 4. The molecular weight excluding hydrogens is 332 g/mol. The Morgan fingerprint density at radius 1 is 1.20 bits per heavy atom. The van der Waals surface area contributed by atoms with Crippen LogP contribution in [0.15, 0.2) is 48.5 Å². The van der Waals surface area contributed by atoms with Crippen LogP contribution in [0.3, 0.4) is 0 Å².